The average molecular weight is 365 g/mol. The molecule has 0 N–H and O–H groups in total. The number of hydrogen-bond donors (Lipinski definition) is 0. The van der Waals surface area contributed by atoms with Gasteiger partial charge in [0.1, 0.15) is 12.3 Å². The number of Topliss-reactive ketones (excluding diaryl/α,β-unsaturated/α-hetero) is 1. The van der Waals surface area contributed by atoms with Crippen LogP contribution in [0.2, 0.25) is 0 Å². The molecule has 6 rings (SSSR count). The number of ketones is 1. The summed E-state index contributed by atoms with van der Waals surface area (Å²) >= 11 is 0. The standard InChI is InChI=1S/C21H19NO5/c1-10(23)11-2-4-12(5-3-11)27-17(24)9-22-20(25)18-13-6-7-14(16-8-15(13)16)19(18)21(22)26/h2-7,13-16,18-19H,8-9H2,1H3/t13-,14-,15-,16-,18-,19+/m1/s1. The minimum absolute atomic E-state index is 0.0787. The molecular formula is C21H19NO5. The van der Waals surface area contributed by atoms with Gasteiger partial charge >= 0.3 is 5.97 Å². The number of likely N-dealkylation sites (tertiary alicyclic amines) is 1. The normalized spacial score (nSPS) is 35.1. The molecule has 6 atom stereocenters. The summed E-state index contributed by atoms with van der Waals surface area (Å²) in [5.74, 6) is -0.196. The van der Waals surface area contributed by atoms with Crippen LogP contribution in [0.3, 0.4) is 0 Å². The van der Waals surface area contributed by atoms with Gasteiger partial charge < -0.3 is 4.74 Å². The Labute approximate surface area is 156 Å². The Morgan fingerprint density at radius 2 is 1.56 bits per heavy atom. The fourth-order valence-electron chi connectivity index (χ4n) is 5.23. The molecule has 0 unspecified atom stereocenters. The summed E-state index contributed by atoms with van der Waals surface area (Å²) in [6.07, 6.45) is 5.31. The summed E-state index contributed by atoms with van der Waals surface area (Å²) in [5, 5.41) is 0. The molecule has 1 aliphatic heterocycles. The van der Waals surface area contributed by atoms with Crippen molar-refractivity contribution >= 4 is 23.6 Å². The van der Waals surface area contributed by atoms with Crippen molar-refractivity contribution in [2.75, 3.05) is 6.54 Å². The SMILES string of the molecule is CC(=O)c1ccc(OC(=O)CN2C(=O)[C@@H]3[C@@H]4C=C[C@H]([C@H]5C[C@H]45)[C@@H]3C2=O)cc1. The molecule has 6 nitrogen and oxygen atoms in total. The fraction of sp³-hybridized carbons (Fsp3) is 0.429. The first-order valence-corrected chi connectivity index (χ1v) is 9.31. The van der Waals surface area contributed by atoms with Gasteiger partial charge in [-0.3, -0.25) is 19.3 Å². The highest BCUT2D eigenvalue weighted by Gasteiger charge is 2.67. The molecule has 1 aromatic rings. The Morgan fingerprint density at radius 3 is 2.07 bits per heavy atom. The van der Waals surface area contributed by atoms with Crippen molar-refractivity contribution in [2.45, 2.75) is 13.3 Å². The lowest BCUT2D eigenvalue weighted by Gasteiger charge is -2.37. The van der Waals surface area contributed by atoms with E-state index >= 15 is 0 Å². The molecule has 6 heteroatoms. The molecule has 1 saturated heterocycles. The Hall–Kier alpha value is -2.76. The number of esters is 1. The van der Waals surface area contributed by atoms with E-state index in [2.05, 4.69) is 12.2 Å². The second-order valence-electron chi connectivity index (χ2n) is 7.97. The maximum absolute atomic E-state index is 12.8. The molecule has 1 aromatic carbocycles. The van der Waals surface area contributed by atoms with E-state index < -0.39 is 5.97 Å². The number of carbonyl (C=O) groups is 4. The smallest absolute Gasteiger partial charge is 0.331 e. The second kappa shape index (κ2) is 5.62. The van der Waals surface area contributed by atoms with Gasteiger partial charge in [0.2, 0.25) is 11.8 Å². The molecule has 27 heavy (non-hydrogen) atoms. The highest BCUT2D eigenvalue weighted by Crippen LogP contribution is 2.65. The quantitative estimate of drug-likeness (QED) is 0.267. The number of rotatable bonds is 4. The second-order valence-corrected chi connectivity index (χ2v) is 7.97. The number of carbonyl (C=O) groups excluding carboxylic acids is 4. The van der Waals surface area contributed by atoms with Crippen molar-refractivity contribution < 1.29 is 23.9 Å². The highest BCUT2D eigenvalue weighted by atomic mass is 16.5. The maximum Gasteiger partial charge on any atom is 0.331 e. The van der Waals surface area contributed by atoms with Gasteiger partial charge in [-0.05, 0) is 61.3 Å². The molecule has 2 bridgehead atoms. The van der Waals surface area contributed by atoms with E-state index in [4.69, 9.17) is 4.74 Å². The summed E-state index contributed by atoms with van der Waals surface area (Å²) in [6, 6.07) is 6.20. The monoisotopic (exact) mass is 365 g/mol. The Morgan fingerprint density at radius 1 is 1.00 bits per heavy atom. The zero-order valence-electron chi connectivity index (χ0n) is 14.8. The topological polar surface area (TPSA) is 80.8 Å². The largest absolute Gasteiger partial charge is 0.425 e. The summed E-state index contributed by atoms with van der Waals surface area (Å²) < 4.78 is 5.25. The molecule has 3 fully saturated rings. The fourth-order valence-corrected chi connectivity index (χ4v) is 5.23. The van der Waals surface area contributed by atoms with Crippen molar-refractivity contribution in [1.82, 2.24) is 4.90 Å². The van der Waals surface area contributed by atoms with Crippen molar-refractivity contribution in [2.24, 2.45) is 35.5 Å². The molecule has 0 spiro atoms. The number of allylic oxidation sites excluding steroid dienone is 2. The molecule has 2 saturated carbocycles. The van der Waals surface area contributed by atoms with Gasteiger partial charge in [-0.2, -0.15) is 0 Å². The molecule has 5 aliphatic rings. The van der Waals surface area contributed by atoms with Crippen molar-refractivity contribution in [3.8, 4) is 5.75 Å². The first kappa shape index (κ1) is 16.4. The maximum atomic E-state index is 12.8. The van der Waals surface area contributed by atoms with Gasteiger partial charge in [0, 0.05) is 5.56 Å². The number of hydrogen-bond acceptors (Lipinski definition) is 5. The number of amides is 2. The van der Waals surface area contributed by atoms with E-state index in [1.807, 2.05) is 0 Å². The van der Waals surface area contributed by atoms with Gasteiger partial charge in [-0.15, -0.1) is 0 Å². The predicted octanol–water partition coefficient (Wildman–Crippen LogP) is 1.85. The molecule has 1 heterocycles. The van der Waals surface area contributed by atoms with Crippen LogP contribution < -0.4 is 4.74 Å². The van der Waals surface area contributed by atoms with Crippen molar-refractivity contribution in [1.29, 1.82) is 0 Å². The number of imide groups is 1. The molecule has 2 amide bonds. The number of ether oxygens (including phenoxy) is 1. The van der Waals surface area contributed by atoms with Crippen LogP contribution in [-0.4, -0.2) is 35.0 Å². The van der Waals surface area contributed by atoms with Gasteiger partial charge in [0.25, 0.3) is 0 Å². The number of nitrogens with zero attached hydrogens (tertiary/aromatic N) is 1. The average Bonchev–Trinajstić information content (AvgIpc) is 3.43. The third-order valence-electron chi connectivity index (χ3n) is 6.53. The zero-order chi connectivity index (χ0) is 18.9. The van der Waals surface area contributed by atoms with E-state index in [9.17, 15) is 19.2 Å². The van der Waals surface area contributed by atoms with Crippen LogP contribution in [0.5, 0.6) is 5.75 Å². The van der Waals surface area contributed by atoms with Gasteiger partial charge in [-0.1, -0.05) is 12.2 Å². The predicted molar refractivity (Wildman–Crippen MR) is 93.5 cm³/mol. The Balaban J connectivity index is 1.29. The van der Waals surface area contributed by atoms with Crippen LogP contribution in [0.15, 0.2) is 36.4 Å². The third-order valence-corrected chi connectivity index (χ3v) is 6.53. The lowest BCUT2D eigenvalue weighted by atomic mass is 9.63. The Bertz CT molecular complexity index is 866. The van der Waals surface area contributed by atoms with Crippen LogP contribution in [0.25, 0.3) is 0 Å². The van der Waals surface area contributed by atoms with E-state index in [1.165, 1.54) is 19.1 Å². The Kier molecular flexibility index (Phi) is 3.41. The first-order valence-electron chi connectivity index (χ1n) is 9.31. The minimum atomic E-state index is -0.656. The minimum Gasteiger partial charge on any atom is -0.425 e. The van der Waals surface area contributed by atoms with Crippen LogP contribution in [-0.2, 0) is 14.4 Å². The van der Waals surface area contributed by atoms with Crippen LogP contribution in [0.1, 0.15) is 23.7 Å². The highest BCUT2D eigenvalue weighted by molar-refractivity contribution is 6.08. The van der Waals surface area contributed by atoms with Crippen molar-refractivity contribution in [3.63, 3.8) is 0 Å². The third kappa shape index (κ3) is 2.39. The van der Waals surface area contributed by atoms with E-state index in [0.717, 1.165) is 11.3 Å². The van der Waals surface area contributed by atoms with Gasteiger partial charge in [-0.25, -0.2) is 4.79 Å². The number of benzene rings is 1. The summed E-state index contributed by atoms with van der Waals surface area (Å²) in [7, 11) is 0. The molecule has 138 valence electrons. The van der Waals surface area contributed by atoms with E-state index in [1.54, 1.807) is 12.1 Å². The van der Waals surface area contributed by atoms with Crippen LogP contribution >= 0.6 is 0 Å². The van der Waals surface area contributed by atoms with Crippen molar-refractivity contribution in [3.05, 3.63) is 42.0 Å². The first-order chi connectivity index (χ1) is 13.0. The summed E-state index contributed by atoms with van der Waals surface area (Å²) in [4.78, 5) is 50.3. The van der Waals surface area contributed by atoms with Crippen LogP contribution in [0.4, 0.5) is 0 Å². The lowest BCUT2D eigenvalue weighted by Crippen LogP contribution is -2.40. The van der Waals surface area contributed by atoms with E-state index in [0.29, 0.717) is 17.4 Å². The van der Waals surface area contributed by atoms with Crippen LogP contribution in [0, 0.1) is 35.5 Å². The lowest BCUT2D eigenvalue weighted by molar-refractivity contribution is -0.148. The summed E-state index contributed by atoms with van der Waals surface area (Å²) in [6.45, 7) is 1.09. The molecular weight excluding hydrogens is 346 g/mol. The summed E-state index contributed by atoms with van der Waals surface area (Å²) in [5.41, 5.74) is 0.519. The molecule has 0 aromatic heterocycles. The molecule has 0 radical (unpaired) electrons. The molecule has 4 aliphatic carbocycles. The van der Waals surface area contributed by atoms with Gasteiger partial charge in [0.05, 0.1) is 11.8 Å². The van der Waals surface area contributed by atoms with Gasteiger partial charge in [0.15, 0.2) is 5.78 Å². The van der Waals surface area contributed by atoms with E-state index in [-0.39, 0.29) is 53.6 Å². The zero-order valence-corrected chi connectivity index (χ0v) is 14.8.